The van der Waals surface area contributed by atoms with Crippen molar-refractivity contribution in [2.24, 2.45) is 0 Å². The van der Waals surface area contributed by atoms with E-state index in [9.17, 15) is 0 Å². The Bertz CT molecular complexity index is 1160. The molecule has 2 nitrogen and oxygen atoms in total. The molecule has 0 aromatic heterocycles. The number of halogens is 1. The topological polar surface area (TPSA) is 26.0 Å². The minimum atomic E-state index is 0.710. The van der Waals surface area contributed by atoms with Gasteiger partial charge in [0.25, 0.3) is 0 Å². The Labute approximate surface area is 143 Å². The van der Waals surface area contributed by atoms with Crippen LogP contribution in [0, 0.1) is 0 Å². The molecule has 0 spiro atoms. The van der Waals surface area contributed by atoms with Gasteiger partial charge in [0.1, 0.15) is 11.3 Å². The second-order valence-electron chi connectivity index (χ2n) is 5.79. The van der Waals surface area contributed by atoms with Crippen LogP contribution in [0.2, 0.25) is 5.02 Å². The third-order valence-corrected chi connectivity index (χ3v) is 4.58. The van der Waals surface area contributed by atoms with Gasteiger partial charge in [0.15, 0.2) is 0 Å². The standard InChI is InChI=1S/C21H12ClNO/c22-14-11-9-13(10-12-14)21-19-15-5-1-3-7-17(15)23-20(19)16-6-2-4-8-18(16)24-21/h1-12H. The maximum absolute atomic E-state index is 6.28. The Balaban J connectivity index is 1.98. The number of fused-ring (bicyclic) bond motifs is 5. The van der Waals surface area contributed by atoms with E-state index in [0.717, 1.165) is 44.5 Å². The fraction of sp³-hybridized carbons (Fsp3) is 0. The monoisotopic (exact) mass is 329 g/mol. The zero-order chi connectivity index (χ0) is 16.1. The van der Waals surface area contributed by atoms with Crippen LogP contribution in [0.3, 0.4) is 0 Å². The van der Waals surface area contributed by atoms with Crippen LogP contribution >= 0.6 is 11.6 Å². The van der Waals surface area contributed by atoms with Crippen molar-refractivity contribution >= 4 is 33.5 Å². The van der Waals surface area contributed by atoms with Crippen molar-refractivity contribution < 1.29 is 4.42 Å². The molecule has 5 rings (SSSR count). The zero-order valence-corrected chi connectivity index (χ0v) is 13.4. The van der Waals surface area contributed by atoms with Gasteiger partial charge in [-0.05, 0) is 42.5 Å². The third kappa shape index (κ3) is 1.93. The van der Waals surface area contributed by atoms with Gasteiger partial charge in [-0.25, -0.2) is 4.98 Å². The van der Waals surface area contributed by atoms with E-state index in [-0.39, 0.29) is 0 Å². The fourth-order valence-electron chi connectivity index (χ4n) is 3.23. The highest BCUT2D eigenvalue weighted by Gasteiger charge is 2.22. The summed E-state index contributed by atoms with van der Waals surface area (Å²) in [6.45, 7) is 0. The first-order valence-corrected chi connectivity index (χ1v) is 8.15. The third-order valence-electron chi connectivity index (χ3n) is 4.33. The van der Waals surface area contributed by atoms with Crippen LogP contribution in [-0.4, -0.2) is 4.98 Å². The van der Waals surface area contributed by atoms with E-state index in [1.54, 1.807) is 0 Å². The van der Waals surface area contributed by atoms with Crippen molar-refractivity contribution in [3.8, 4) is 22.6 Å². The van der Waals surface area contributed by atoms with Gasteiger partial charge in [0, 0.05) is 21.4 Å². The van der Waals surface area contributed by atoms with Gasteiger partial charge in [-0.3, -0.25) is 0 Å². The number of aromatic nitrogens is 1. The summed E-state index contributed by atoms with van der Waals surface area (Å²) in [5, 5.41) is 2.84. The molecule has 24 heavy (non-hydrogen) atoms. The summed E-state index contributed by atoms with van der Waals surface area (Å²) in [5.41, 5.74) is 4.83. The molecule has 0 amide bonds. The van der Waals surface area contributed by atoms with Crippen molar-refractivity contribution in [2.75, 3.05) is 0 Å². The molecule has 0 saturated carbocycles. The lowest BCUT2D eigenvalue weighted by molar-refractivity contribution is 0.622. The minimum Gasteiger partial charge on any atom is -0.455 e. The summed E-state index contributed by atoms with van der Waals surface area (Å²) in [5.74, 6) is 0.828. The van der Waals surface area contributed by atoms with Crippen LogP contribution in [-0.2, 0) is 0 Å². The molecule has 0 radical (unpaired) electrons. The van der Waals surface area contributed by atoms with Gasteiger partial charge in [-0.15, -0.1) is 0 Å². The maximum Gasteiger partial charge on any atom is 0.144 e. The lowest BCUT2D eigenvalue weighted by Crippen LogP contribution is -1.88. The van der Waals surface area contributed by atoms with Crippen molar-refractivity contribution in [3.05, 3.63) is 77.8 Å². The molecular formula is C21H12ClNO. The summed E-state index contributed by atoms with van der Waals surface area (Å²) in [6.07, 6.45) is 0. The lowest BCUT2D eigenvalue weighted by atomic mass is 9.99. The van der Waals surface area contributed by atoms with E-state index in [4.69, 9.17) is 21.0 Å². The largest absolute Gasteiger partial charge is 0.455 e. The van der Waals surface area contributed by atoms with Crippen LogP contribution in [0.15, 0.2) is 77.2 Å². The lowest BCUT2D eigenvalue weighted by Gasteiger charge is -2.11. The van der Waals surface area contributed by atoms with E-state index in [1.807, 2.05) is 60.7 Å². The molecule has 0 atom stereocenters. The summed E-state index contributed by atoms with van der Waals surface area (Å²) in [4.78, 5) is 4.86. The molecule has 0 fully saturated rings. The number of rotatable bonds is 1. The van der Waals surface area contributed by atoms with E-state index < -0.39 is 0 Å². The van der Waals surface area contributed by atoms with Crippen molar-refractivity contribution in [1.82, 2.24) is 4.98 Å². The summed E-state index contributed by atoms with van der Waals surface area (Å²) >= 11 is 6.04. The van der Waals surface area contributed by atoms with Crippen molar-refractivity contribution in [2.45, 2.75) is 0 Å². The Hall–Kier alpha value is -2.84. The van der Waals surface area contributed by atoms with Crippen molar-refractivity contribution in [1.29, 1.82) is 0 Å². The Kier molecular flexibility index (Phi) is 2.88. The molecular weight excluding hydrogens is 318 g/mol. The summed E-state index contributed by atoms with van der Waals surface area (Å²) < 4.78 is 6.28. The molecule has 3 aromatic rings. The van der Waals surface area contributed by atoms with Crippen LogP contribution in [0.1, 0.15) is 0 Å². The molecule has 2 aliphatic heterocycles. The van der Waals surface area contributed by atoms with Crippen LogP contribution in [0.25, 0.3) is 44.5 Å². The average Bonchev–Trinajstić information content (AvgIpc) is 3.02. The molecule has 0 aliphatic carbocycles. The molecule has 0 saturated heterocycles. The second-order valence-corrected chi connectivity index (χ2v) is 6.22. The minimum absolute atomic E-state index is 0.710. The Morgan fingerprint density at radius 2 is 1.46 bits per heavy atom. The average molecular weight is 330 g/mol. The van der Waals surface area contributed by atoms with E-state index in [2.05, 4.69) is 12.1 Å². The van der Waals surface area contributed by atoms with Gasteiger partial charge < -0.3 is 4.42 Å². The molecule has 0 N–H and O–H groups in total. The molecule has 0 unspecified atom stereocenters. The number of nitrogens with zero attached hydrogens (tertiary/aromatic N) is 1. The molecule has 3 aromatic carbocycles. The highest BCUT2D eigenvalue weighted by atomic mass is 35.5. The fourth-order valence-corrected chi connectivity index (χ4v) is 3.35. The number of para-hydroxylation sites is 2. The van der Waals surface area contributed by atoms with Gasteiger partial charge in [0.05, 0.1) is 16.8 Å². The highest BCUT2D eigenvalue weighted by Crippen LogP contribution is 2.43. The van der Waals surface area contributed by atoms with Gasteiger partial charge in [-0.2, -0.15) is 0 Å². The molecule has 2 aliphatic rings. The summed E-state index contributed by atoms with van der Waals surface area (Å²) in [6, 6.07) is 23.9. The van der Waals surface area contributed by atoms with Crippen LogP contribution in [0.5, 0.6) is 0 Å². The normalized spacial score (nSPS) is 11.5. The van der Waals surface area contributed by atoms with Crippen LogP contribution < -0.4 is 0 Å². The van der Waals surface area contributed by atoms with E-state index in [0.29, 0.717) is 5.02 Å². The predicted octanol–water partition coefficient (Wildman–Crippen LogP) is 6.41. The van der Waals surface area contributed by atoms with Gasteiger partial charge >= 0.3 is 0 Å². The first-order chi connectivity index (χ1) is 11.8. The molecule has 2 heterocycles. The first-order valence-electron chi connectivity index (χ1n) is 7.77. The maximum atomic E-state index is 6.28. The predicted molar refractivity (Wildman–Crippen MR) is 98.6 cm³/mol. The second kappa shape index (κ2) is 5.08. The first kappa shape index (κ1) is 13.6. The Morgan fingerprint density at radius 3 is 2.29 bits per heavy atom. The molecule has 114 valence electrons. The zero-order valence-electron chi connectivity index (χ0n) is 12.7. The van der Waals surface area contributed by atoms with E-state index in [1.165, 1.54) is 0 Å². The van der Waals surface area contributed by atoms with E-state index >= 15 is 0 Å². The number of hydrogen-bond acceptors (Lipinski definition) is 2. The summed E-state index contributed by atoms with van der Waals surface area (Å²) in [7, 11) is 0. The smallest absolute Gasteiger partial charge is 0.144 e. The van der Waals surface area contributed by atoms with Gasteiger partial charge in [0.2, 0.25) is 0 Å². The van der Waals surface area contributed by atoms with Gasteiger partial charge in [-0.1, -0.05) is 41.9 Å². The Morgan fingerprint density at radius 1 is 0.750 bits per heavy atom. The quantitative estimate of drug-likeness (QED) is 0.355. The molecule has 3 heteroatoms. The van der Waals surface area contributed by atoms with Crippen molar-refractivity contribution in [3.63, 3.8) is 0 Å². The highest BCUT2D eigenvalue weighted by molar-refractivity contribution is 6.30. The SMILES string of the molecule is Clc1ccc(-c2oc3ccccc3c3nc4ccccc4c2-3)cc1. The molecule has 0 bridgehead atoms. The number of benzene rings is 3. The number of hydrogen-bond donors (Lipinski definition) is 0. The van der Waals surface area contributed by atoms with Crippen LogP contribution in [0.4, 0.5) is 0 Å².